The zero-order valence-corrected chi connectivity index (χ0v) is 13.6. The number of aromatic nitrogens is 1. The molecular weight excluding hydrogens is 298 g/mol. The van der Waals surface area contributed by atoms with Crippen molar-refractivity contribution in [3.05, 3.63) is 40.2 Å². The smallest absolute Gasteiger partial charge is 0.226 e. The minimum atomic E-state index is 0.0149. The lowest BCUT2D eigenvalue weighted by molar-refractivity contribution is -0.120. The average Bonchev–Trinajstić information content (AvgIpc) is 3.22. The van der Waals surface area contributed by atoms with Crippen molar-refractivity contribution in [2.45, 2.75) is 32.2 Å². The highest BCUT2D eigenvalue weighted by atomic mass is 32.1. The van der Waals surface area contributed by atoms with Crippen molar-refractivity contribution >= 4 is 17.2 Å². The summed E-state index contributed by atoms with van der Waals surface area (Å²) in [5.41, 5.74) is 0.843. The van der Waals surface area contributed by atoms with Gasteiger partial charge in [-0.3, -0.25) is 9.69 Å². The highest BCUT2D eigenvalue weighted by Crippen LogP contribution is 2.24. The van der Waals surface area contributed by atoms with E-state index in [0.29, 0.717) is 13.0 Å². The van der Waals surface area contributed by atoms with Gasteiger partial charge in [-0.15, -0.1) is 11.3 Å². The molecule has 0 unspecified atom stereocenters. The Labute approximate surface area is 134 Å². The van der Waals surface area contributed by atoms with E-state index in [0.717, 1.165) is 29.6 Å². The van der Waals surface area contributed by atoms with E-state index in [1.807, 2.05) is 24.4 Å². The van der Waals surface area contributed by atoms with Crippen LogP contribution in [0.5, 0.6) is 0 Å². The van der Waals surface area contributed by atoms with Crippen molar-refractivity contribution in [3.63, 3.8) is 0 Å². The summed E-state index contributed by atoms with van der Waals surface area (Å²) in [6, 6.07) is 4.01. The number of carbonyl (C=O) groups is 1. The number of amides is 1. The molecule has 22 heavy (non-hydrogen) atoms. The fourth-order valence-electron chi connectivity index (χ4n) is 2.87. The standard InChI is InChI=1S/C16H21N3O2S/c1-12-18-13(11-22-12)9-16(20)17-10-14(15-5-4-8-21-15)19-6-2-3-7-19/h4-5,8,11,14H,2-3,6-7,9-10H2,1H3,(H,17,20)/t14-/m1/s1. The van der Waals surface area contributed by atoms with E-state index in [1.165, 1.54) is 12.8 Å². The summed E-state index contributed by atoms with van der Waals surface area (Å²) in [7, 11) is 0. The average molecular weight is 319 g/mol. The summed E-state index contributed by atoms with van der Waals surface area (Å²) >= 11 is 1.57. The summed E-state index contributed by atoms with van der Waals surface area (Å²) in [4.78, 5) is 18.8. The van der Waals surface area contributed by atoms with E-state index in [-0.39, 0.29) is 11.9 Å². The predicted octanol–water partition coefficient (Wildman–Crippen LogP) is 2.54. The van der Waals surface area contributed by atoms with Gasteiger partial charge in [-0.25, -0.2) is 4.98 Å². The number of thiazole rings is 1. The molecule has 0 saturated carbocycles. The molecular formula is C16H21N3O2S. The van der Waals surface area contributed by atoms with Gasteiger partial charge in [0, 0.05) is 11.9 Å². The number of rotatable bonds is 6. The molecule has 1 aliphatic heterocycles. The molecule has 3 heterocycles. The summed E-state index contributed by atoms with van der Waals surface area (Å²) in [5, 5.41) is 5.97. The first-order valence-corrected chi connectivity index (χ1v) is 8.55. The molecule has 1 atom stereocenters. The zero-order chi connectivity index (χ0) is 15.4. The Morgan fingerprint density at radius 3 is 2.95 bits per heavy atom. The van der Waals surface area contributed by atoms with Crippen LogP contribution < -0.4 is 5.32 Å². The third-order valence-electron chi connectivity index (χ3n) is 3.95. The van der Waals surface area contributed by atoms with Crippen molar-refractivity contribution in [2.75, 3.05) is 19.6 Å². The third-order valence-corrected chi connectivity index (χ3v) is 4.78. The van der Waals surface area contributed by atoms with Crippen LogP contribution in [0.4, 0.5) is 0 Å². The number of hydrogen-bond acceptors (Lipinski definition) is 5. The van der Waals surface area contributed by atoms with Gasteiger partial charge in [0.25, 0.3) is 0 Å². The van der Waals surface area contributed by atoms with Gasteiger partial charge in [-0.2, -0.15) is 0 Å². The van der Waals surface area contributed by atoms with Crippen LogP contribution in [0.25, 0.3) is 0 Å². The predicted molar refractivity (Wildman–Crippen MR) is 85.8 cm³/mol. The maximum atomic E-state index is 12.1. The van der Waals surface area contributed by atoms with Gasteiger partial charge in [0.1, 0.15) is 5.76 Å². The topological polar surface area (TPSA) is 58.4 Å². The second-order valence-electron chi connectivity index (χ2n) is 5.61. The number of nitrogens with zero attached hydrogens (tertiary/aromatic N) is 2. The molecule has 0 aromatic carbocycles. The van der Waals surface area contributed by atoms with E-state index in [4.69, 9.17) is 4.42 Å². The molecule has 2 aromatic rings. The molecule has 6 heteroatoms. The zero-order valence-electron chi connectivity index (χ0n) is 12.7. The van der Waals surface area contributed by atoms with Gasteiger partial charge in [0.05, 0.1) is 29.4 Å². The molecule has 0 bridgehead atoms. The van der Waals surface area contributed by atoms with Crippen LogP contribution in [0.3, 0.4) is 0 Å². The minimum Gasteiger partial charge on any atom is -0.468 e. The Kier molecular flexibility index (Phi) is 4.90. The van der Waals surface area contributed by atoms with Crippen LogP contribution in [0.15, 0.2) is 28.2 Å². The number of likely N-dealkylation sites (tertiary alicyclic amines) is 1. The van der Waals surface area contributed by atoms with Crippen molar-refractivity contribution < 1.29 is 9.21 Å². The molecule has 1 fully saturated rings. The van der Waals surface area contributed by atoms with E-state index < -0.39 is 0 Å². The van der Waals surface area contributed by atoms with E-state index in [9.17, 15) is 4.79 Å². The largest absolute Gasteiger partial charge is 0.468 e. The summed E-state index contributed by atoms with van der Waals surface area (Å²) in [5.74, 6) is 0.938. The first kappa shape index (κ1) is 15.2. The molecule has 1 amide bonds. The van der Waals surface area contributed by atoms with Crippen molar-refractivity contribution in [1.29, 1.82) is 0 Å². The van der Waals surface area contributed by atoms with E-state index in [2.05, 4.69) is 15.2 Å². The van der Waals surface area contributed by atoms with Crippen molar-refractivity contribution in [3.8, 4) is 0 Å². The molecule has 0 radical (unpaired) electrons. The summed E-state index contributed by atoms with van der Waals surface area (Å²) < 4.78 is 5.56. The van der Waals surface area contributed by atoms with Crippen LogP contribution in [0.1, 0.15) is 35.3 Å². The normalized spacial score (nSPS) is 16.8. The number of hydrogen-bond donors (Lipinski definition) is 1. The molecule has 1 N–H and O–H groups in total. The lowest BCUT2D eigenvalue weighted by Crippen LogP contribution is -2.37. The van der Waals surface area contributed by atoms with E-state index in [1.54, 1.807) is 17.6 Å². The molecule has 2 aromatic heterocycles. The van der Waals surface area contributed by atoms with Gasteiger partial charge in [-0.05, 0) is 45.0 Å². The van der Waals surface area contributed by atoms with Gasteiger partial charge < -0.3 is 9.73 Å². The number of furan rings is 1. The fraction of sp³-hybridized carbons (Fsp3) is 0.500. The quantitative estimate of drug-likeness (QED) is 0.889. The second-order valence-corrected chi connectivity index (χ2v) is 6.68. The summed E-state index contributed by atoms with van der Waals surface area (Å²) in [6.07, 6.45) is 4.46. The Bertz CT molecular complexity index is 603. The van der Waals surface area contributed by atoms with Gasteiger partial charge in [0.2, 0.25) is 5.91 Å². The number of nitrogens with one attached hydrogen (secondary N) is 1. The lowest BCUT2D eigenvalue weighted by Gasteiger charge is -2.25. The molecule has 118 valence electrons. The summed E-state index contributed by atoms with van der Waals surface area (Å²) in [6.45, 7) is 4.65. The molecule has 5 nitrogen and oxygen atoms in total. The number of aryl methyl sites for hydroxylation is 1. The minimum absolute atomic E-state index is 0.0149. The van der Waals surface area contributed by atoms with Crippen LogP contribution in [0, 0.1) is 6.92 Å². The first-order chi connectivity index (χ1) is 10.7. The maximum Gasteiger partial charge on any atom is 0.226 e. The number of carbonyl (C=O) groups excluding carboxylic acids is 1. The monoisotopic (exact) mass is 319 g/mol. The Morgan fingerprint density at radius 1 is 1.50 bits per heavy atom. The van der Waals surface area contributed by atoms with Crippen LogP contribution in [-0.4, -0.2) is 35.4 Å². The second kappa shape index (κ2) is 7.07. The van der Waals surface area contributed by atoms with Crippen LogP contribution in [0.2, 0.25) is 0 Å². The fourth-order valence-corrected chi connectivity index (χ4v) is 3.48. The van der Waals surface area contributed by atoms with Crippen molar-refractivity contribution in [1.82, 2.24) is 15.2 Å². The molecule has 3 rings (SSSR count). The molecule has 0 aliphatic carbocycles. The van der Waals surface area contributed by atoms with Crippen molar-refractivity contribution in [2.24, 2.45) is 0 Å². The van der Waals surface area contributed by atoms with Gasteiger partial charge in [0.15, 0.2) is 0 Å². The molecule has 1 aliphatic rings. The third kappa shape index (κ3) is 3.75. The highest BCUT2D eigenvalue weighted by molar-refractivity contribution is 7.09. The first-order valence-electron chi connectivity index (χ1n) is 7.67. The van der Waals surface area contributed by atoms with Crippen LogP contribution in [-0.2, 0) is 11.2 Å². The van der Waals surface area contributed by atoms with Crippen LogP contribution >= 0.6 is 11.3 Å². The maximum absolute atomic E-state index is 12.1. The lowest BCUT2D eigenvalue weighted by atomic mass is 10.2. The Hall–Kier alpha value is -1.66. The van der Waals surface area contributed by atoms with Gasteiger partial charge in [-0.1, -0.05) is 0 Å². The SMILES string of the molecule is Cc1nc(CC(=O)NC[C@H](c2ccco2)N2CCCC2)cs1. The van der Waals surface area contributed by atoms with E-state index >= 15 is 0 Å². The molecule has 0 spiro atoms. The Balaban J connectivity index is 1.57. The highest BCUT2D eigenvalue weighted by Gasteiger charge is 2.25. The molecule has 1 saturated heterocycles. The van der Waals surface area contributed by atoms with Gasteiger partial charge >= 0.3 is 0 Å². The Morgan fingerprint density at radius 2 is 2.32 bits per heavy atom.